The average Bonchev–Trinajstić information content (AvgIpc) is 3.23. The largest absolute Gasteiger partial charge is 0.478 e. The van der Waals surface area contributed by atoms with E-state index in [1.54, 1.807) is 41.3 Å². The van der Waals surface area contributed by atoms with E-state index in [-0.39, 0.29) is 16.9 Å². The van der Waals surface area contributed by atoms with Crippen molar-refractivity contribution < 1.29 is 19.5 Å². The highest BCUT2D eigenvalue weighted by Crippen LogP contribution is 2.46. The normalized spacial score (nSPS) is 18.6. The van der Waals surface area contributed by atoms with Gasteiger partial charge in [-0.25, -0.2) is 4.79 Å². The molecule has 2 N–H and O–H groups in total. The molecule has 0 unspecified atom stereocenters. The van der Waals surface area contributed by atoms with Crippen molar-refractivity contribution in [1.82, 2.24) is 0 Å². The van der Waals surface area contributed by atoms with Crippen LogP contribution in [0.4, 0.5) is 11.4 Å². The van der Waals surface area contributed by atoms with Crippen LogP contribution in [-0.4, -0.2) is 29.4 Å². The molecule has 0 saturated carbocycles. The van der Waals surface area contributed by atoms with Gasteiger partial charge in [0, 0.05) is 34.1 Å². The van der Waals surface area contributed by atoms with Crippen LogP contribution in [0.15, 0.2) is 78.4 Å². The molecule has 2 amide bonds. The molecule has 1 spiro atoms. The Labute approximate surface area is 224 Å². The number of hydrogen-bond acceptors (Lipinski definition) is 3. The summed E-state index contributed by atoms with van der Waals surface area (Å²) < 4.78 is 0. The van der Waals surface area contributed by atoms with E-state index in [9.17, 15) is 19.5 Å². The van der Waals surface area contributed by atoms with Crippen LogP contribution in [0.5, 0.6) is 0 Å². The predicted octanol–water partition coefficient (Wildman–Crippen LogP) is 6.63. The zero-order valence-electron chi connectivity index (χ0n) is 19.8. The number of allylic oxidation sites excluding steroid dienone is 1. The molecule has 5 rings (SSSR count). The summed E-state index contributed by atoms with van der Waals surface area (Å²) in [5.74, 6) is -1.42. The summed E-state index contributed by atoms with van der Waals surface area (Å²) in [5.41, 5.74) is 3.32. The van der Waals surface area contributed by atoms with Crippen molar-refractivity contribution in [3.05, 3.63) is 105 Å². The lowest BCUT2D eigenvalue weighted by Gasteiger charge is -2.26. The van der Waals surface area contributed by atoms with Crippen LogP contribution in [-0.2, 0) is 11.2 Å². The van der Waals surface area contributed by atoms with Crippen LogP contribution in [0.2, 0.25) is 10.0 Å². The number of carbonyl (C=O) groups excluding carboxylic acids is 2. The molecule has 0 aromatic heterocycles. The lowest BCUT2D eigenvalue weighted by atomic mass is 9.79. The van der Waals surface area contributed by atoms with Crippen LogP contribution in [0.25, 0.3) is 0 Å². The summed E-state index contributed by atoms with van der Waals surface area (Å²) in [6.07, 6.45) is 4.58. The fourth-order valence-corrected chi connectivity index (χ4v) is 5.56. The molecule has 6 nitrogen and oxygen atoms in total. The Hall–Kier alpha value is -3.61. The first-order valence-electron chi connectivity index (χ1n) is 12.0. The van der Waals surface area contributed by atoms with Crippen LogP contribution < -0.4 is 10.2 Å². The molecule has 1 aliphatic carbocycles. The van der Waals surface area contributed by atoms with Gasteiger partial charge in [-0.2, -0.15) is 0 Å². The second-order valence-corrected chi connectivity index (χ2v) is 10.3. The molecule has 1 heterocycles. The zero-order valence-corrected chi connectivity index (χ0v) is 21.4. The lowest BCUT2D eigenvalue weighted by Crippen LogP contribution is -2.33. The van der Waals surface area contributed by atoms with Crippen molar-refractivity contribution in [2.75, 3.05) is 16.8 Å². The topological polar surface area (TPSA) is 86.7 Å². The zero-order chi connectivity index (χ0) is 26.2. The second kappa shape index (κ2) is 10.0. The maximum absolute atomic E-state index is 13.6. The highest BCUT2D eigenvalue weighted by atomic mass is 35.5. The van der Waals surface area contributed by atoms with E-state index in [0.29, 0.717) is 52.7 Å². The Kier molecular flexibility index (Phi) is 6.80. The van der Waals surface area contributed by atoms with Crippen molar-refractivity contribution in [2.24, 2.45) is 5.41 Å². The molecule has 37 heavy (non-hydrogen) atoms. The number of carbonyl (C=O) groups is 3. The van der Waals surface area contributed by atoms with Gasteiger partial charge in [0.15, 0.2) is 0 Å². The standard InChI is InChI=1S/C29H24Cl2N2O4/c30-21-7-10-24(31)23(15-21)26(34)32-22-8-5-18(6-9-22)27(35)33-14-13-29(12-11-20(17-29)28(36)37)16-19-3-1-2-4-25(19)33/h1-10,15,17H,11-14,16H2,(H,32,34)(H,36,37)/t29-/m0/s1. The van der Waals surface area contributed by atoms with Gasteiger partial charge in [0.25, 0.3) is 11.8 Å². The second-order valence-electron chi connectivity index (χ2n) is 9.51. The third kappa shape index (κ3) is 5.13. The summed E-state index contributed by atoms with van der Waals surface area (Å²) in [6.45, 7) is 0.477. The van der Waals surface area contributed by atoms with Gasteiger partial charge < -0.3 is 15.3 Å². The number of fused-ring (bicyclic) bond motifs is 1. The molecule has 1 atom stereocenters. The first-order valence-corrected chi connectivity index (χ1v) is 12.7. The molecule has 0 radical (unpaired) electrons. The van der Waals surface area contributed by atoms with Crippen molar-refractivity contribution in [3.8, 4) is 0 Å². The van der Waals surface area contributed by atoms with E-state index < -0.39 is 11.9 Å². The fraction of sp³-hybridized carbons (Fsp3) is 0.207. The average molecular weight is 535 g/mol. The highest BCUT2D eigenvalue weighted by Gasteiger charge is 2.39. The van der Waals surface area contributed by atoms with Gasteiger partial charge in [-0.3, -0.25) is 9.59 Å². The summed E-state index contributed by atoms with van der Waals surface area (Å²) in [6, 6.07) is 19.2. The van der Waals surface area contributed by atoms with Crippen molar-refractivity contribution >= 4 is 52.4 Å². The number of aliphatic carboxylic acids is 1. The molecule has 3 aromatic carbocycles. The molecular formula is C29H24Cl2N2O4. The summed E-state index contributed by atoms with van der Waals surface area (Å²) in [7, 11) is 0. The number of carboxylic acid groups (broad SMARTS) is 1. The van der Waals surface area contributed by atoms with Gasteiger partial charge in [0.2, 0.25) is 0 Å². The van der Waals surface area contributed by atoms with E-state index in [0.717, 1.165) is 17.7 Å². The highest BCUT2D eigenvalue weighted by molar-refractivity contribution is 6.36. The summed E-state index contributed by atoms with van der Waals surface area (Å²) in [4.78, 5) is 39.6. The number of nitrogens with zero attached hydrogens (tertiary/aromatic N) is 1. The number of hydrogen-bond donors (Lipinski definition) is 2. The minimum absolute atomic E-state index is 0.152. The van der Waals surface area contributed by atoms with E-state index in [1.165, 1.54) is 6.07 Å². The first-order chi connectivity index (χ1) is 17.7. The van der Waals surface area contributed by atoms with Crippen molar-refractivity contribution in [1.29, 1.82) is 0 Å². The number of halogens is 2. The van der Waals surface area contributed by atoms with Gasteiger partial charge >= 0.3 is 5.97 Å². The Morgan fingerprint density at radius 3 is 2.43 bits per heavy atom. The molecule has 0 saturated heterocycles. The Morgan fingerprint density at radius 2 is 1.70 bits per heavy atom. The molecule has 8 heteroatoms. The minimum atomic E-state index is -0.868. The van der Waals surface area contributed by atoms with E-state index in [4.69, 9.17) is 23.2 Å². The Bertz CT molecular complexity index is 1430. The molecule has 188 valence electrons. The summed E-state index contributed by atoms with van der Waals surface area (Å²) >= 11 is 12.1. The number of carboxylic acids is 1. The Balaban J connectivity index is 1.36. The van der Waals surface area contributed by atoms with Crippen molar-refractivity contribution in [2.45, 2.75) is 25.7 Å². The maximum atomic E-state index is 13.6. The minimum Gasteiger partial charge on any atom is -0.478 e. The third-order valence-electron chi connectivity index (χ3n) is 7.11. The monoisotopic (exact) mass is 534 g/mol. The number of nitrogens with one attached hydrogen (secondary N) is 1. The van der Waals surface area contributed by atoms with Crippen molar-refractivity contribution in [3.63, 3.8) is 0 Å². The van der Waals surface area contributed by atoms with E-state index in [2.05, 4.69) is 5.32 Å². The molecular weight excluding hydrogens is 511 g/mol. The van der Waals surface area contributed by atoms with E-state index in [1.807, 2.05) is 30.3 Å². The van der Waals surface area contributed by atoms with Gasteiger partial charge in [-0.15, -0.1) is 0 Å². The Morgan fingerprint density at radius 1 is 0.946 bits per heavy atom. The number of rotatable bonds is 4. The van der Waals surface area contributed by atoms with Crippen LogP contribution in [0.1, 0.15) is 45.5 Å². The maximum Gasteiger partial charge on any atom is 0.331 e. The first kappa shape index (κ1) is 25.1. The van der Waals surface area contributed by atoms with Crippen LogP contribution in [0.3, 0.4) is 0 Å². The molecule has 0 fully saturated rings. The van der Waals surface area contributed by atoms with Gasteiger partial charge in [0.1, 0.15) is 0 Å². The molecule has 0 bridgehead atoms. The number of amides is 2. The molecule has 3 aromatic rings. The van der Waals surface area contributed by atoms with E-state index >= 15 is 0 Å². The molecule has 2 aliphatic rings. The fourth-order valence-electron chi connectivity index (χ4n) is 5.18. The number of benzene rings is 3. The molecule has 1 aliphatic heterocycles. The number of para-hydroxylation sites is 1. The van der Waals surface area contributed by atoms with Crippen LogP contribution in [0, 0.1) is 5.41 Å². The smallest absolute Gasteiger partial charge is 0.331 e. The predicted molar refractivity (Wildman–Crippen MR) is 145 cm³/mol. The third-order valence-corrected chi connectivity index (χ3v) is 7.68. The lowest BCUT2D eigenvalue weighted by molar-refractivity contribution is -0.132. The van der Waals surface area contributed by atoms with Crippen LogP contribution >= 0.6 is 23.2 Å². The summed E-state index contributed by atoms with van der Waals surface area (Å²) in [5, 5.41) is 13.0. The number of anilines is 2. The van der Waals surface area contributed by atoms with Gasteiger partial charge in [0.05, 0.1) is 10.6 Å². The van der Waals surface area contributed by atoms with Gasteiger partial charge in [-0.1, -0.05) is 47.5 Å². The van der Waals surface area contributed by atoms with Gasteiger partial charge in [-0.05, 0) is 85.2 Å². The quantitative estimate of drug-likeness (QED) is 0.393. The SMILES string of the molecule is O=C(O)C1=C[C@@]2(CC1)CCN(C(=O)c1ccc(NC(=O)c3cc(Cl)ccc3Cl)cc1)c1ccccc1C2.